The van der Waals surface area contributed by atoms with E-state index in [0.29, 0.717) is 10.6 Å². The van der Waals surface area contributed by atoms with Crippen LogP contribution < -0.4 is 10.6 Å². The molecule has 0 atom stereocenters. The van der Waals surface area contributed by atoms with Crippen molar-refractivity contribution in [1.29, 1.82) is 0 Å². The fourth-order valence-corrected chi connectivity index (χ4v) is 3.33. The third-order valence-electron chi connectivity index (χ3n) is 3.48. The Morgan fingerprint density at radius 2 is 1.88 bits per heavy atom. The SMILES string of the molecule is Cc1ccc(Sc2ncccc2C(=O)NCC(=O)NC(C)(C)C)c(C)c1. The van der Waals surface area contributed by atoms with Crippen molar-refractivity contribution < 1.29 is 9.59 Å². The third kappa shape index (κ3) is 5.88. The van der Waals surface area contributed by atoms with Crippen molar-refractivity contribution in [2.45, 2.75) is 50.1 Å². The lowest BCUT2D eigenvalue weighted by Crippen LogP contribution is -2.45. The van der Waals surface area contributed by atoms with Gasteiger partial charge in [0.25, 0.3) is 5.91 Å². The first-order valence-corrected chi connectivity index (χ1v) is 9.27. The summed E-state index contributed by atoms with van der Waals surface area (Å²) in [5, 5.41) is 6.10. The van der Waals surface area contributed by atoms with Gasteiger partial charge in [0.15, 0.2) is 0 Å². The van der Waals surface area contributed by atoms with Crippen LogP contribution in [0.25, 0.3) is 0 Å². The highest BCUT2D eigenvalue weighted by Crippen LogP contribution is 2.31. The minimum atomic E-state index is -0.333. The van der Waals surface area contributed by atoms with Crippen molar-refractivity contribution in [3.8, 4) is 0 Å². The molecule has 0 fully saturated rings. The molecular formula is C20H25N3O2S. The highest BCUT2D eigenvalue weighted by atomic mass is 32.2. The van der Waals surface area contributed by atoms with Crippen LogP contribution in [0.1, 0.15) is 42.3 Å². The van der Waals surface area contributed by atoms with Crippen LogP contribution in [0.15, 0.2) is 46.5 Å². The highest BCUT2D eigenvalue weighted by Gasteiger charge is 2.17. The van der Waals surface area contributed by atoms with Crippen LogP contribution in [0.4, 0.5) is 0 Å². The summed E-state index contributed by atoms with van der Waals surface area (Å²) in [6.45, 7) is 9.70. The van der Waals surface area contributed by atoms with Gasteiger partial charge in [-0.3, -0.25) is 9.59 Å². The molecule has 0 spiro atoms. The summed E-state index contributed by atoms with van der Waals surface area (Å²) in [7, 11) is 0. The Morgan fingerprint density at radius 3 is 2.54 bits per heavy atom. The Kier molecular flexibility index (Phi) is 6.42. The van der Waals surface area contributed by atoms with Gasteiger partial charge in [-0.15, -0.1) is 0 Å². The van der Waals surface area contributed by atoms with E-state index in [1.165, 1.54) is 17.3 Å². The van der Waals surface area contributed by atoms with Gasteiger partial charge in [-0.05, 0) is 58.4 Å². The molecule has 0 aliphatic rings. The number of pyridine rings is 1. The maximum Gasteiger partial charge on any atom is 0.254 e. The number of hydrogen-bond donors (Lipinski definition) is 2. The van der Waals surface area contributed by atoms with E-state index < -0.39 is 0 Å². The molecule has 1 aromatic carbocycles. The monoisotopic (exact) mass is 371 g/mol. The molecular weight excluding hydrogens is 346 g/mol. The Bertz CT molecular complexity index is 813. The molecule has 0 radical (unpaired) electrons. The average molecular weight is 372 g/mol. The standard InChI is InChI=1S/C20H25N3O2S/c1-13-8-9-16(14(2)11-13)26-19-15(7-6-10-21-19)18(25)22-12-17(24)23-20(3,4)5/h6-11H,12H2,1-5H3,(H,22,25)(H,23,24). The van der Waals surface area contributed by atoms with E-state index in [4.69, 9.17) is 0 Å². The Labute approximate surface area is 159 Å². The summed E-state index contributed by atoms with van der Waals surface area (Å²) in [4.78, 5) is 29.8. The topological polar surface area (TPSA) is 71.1 Å². The maximum absolute atomic E-state index is 12.5. The normalized spacial score (nSPS) is 11.1. The van der Waals surface area contributed by atoms with Crippen molar-refractivity contribution in [2.75, 3.05) is 6.54 Å². The van der Waals surface area contributed by atoms with Crippen molar-refractivity contribution >= 4 is 23.6 Å². The molecule has 0 aliphatic carbocycles. The van der Waals surface area contributed by atoms with E-state index in [9.17, 15) is 9.59 Å². The number of nitrogens with zero attached hydrogens (tertiary/aromatic N) is 1. The van der Waals surface area contributed by atoms with E-state index in [0.717, 1.165) is 10.5 Å². The van der Waals surface area contributed by atoms with Crippen molar-refractivity contribution in [3.05, 3.63) is 53.2 Å². The Hall–Kier alpha value is -2.34. The first kappa shape index (κ1) is 20.0. The Morgan fingerprint density at radius 1 is 1.15 bits per heavy atom. The number of carbonyl (C=O) groups is 2. The Balaban J connectivity index is 2.10. The molecule has 6 heteroatoms. The lowest BCUT2D eigenvalue weighted by Gasteiger charge is -2.20. The molecule has 2 amide bonds. The second-order valence-corrected chi connectivity index (χ2v) is 8.24. The van der Waals surface area contributed by atoms with Gasteiger partial charge in [0.05, 0.1) is 12.1 Å². The van der Waals surface area contributed by atoms with Crippen molar-refractivity contribution in [3.63, 3.8) is 0 Å². The predicted octanol–water partition coefficient (Wildman–Crippen LogP) is 3.49. The van der Waals surface area contributed by atoms with Crippen LogP contribution in [0, 0.1) is 13.8 Å². The number of rotatable bonds is 5. The average Bonchev–Trinajstić information content (AvgIpc) is 2.54. The zero-order chi connectivity index (χ0) is 19.3. The molecule has 0 unspecified atom stereocenters. The van der Waals surface area contributed by atoms with Crippen LogP contribution in [0.2, 0.25) is 0 Å². The molecule has 2 aromatic rings. The molecule has 26 heavy (non-hydrogen) atoms. The molecule has 0 saturated carbocycles. The molecule has 2 rings (SSSR count). The van der Waals surface area contributed by atoms with Gasteiger partial charge in [-0.2, -0.15) is 0 Å². The molecule has 1 aromatic heterocycles. The minimum Gasteiger partial charge on any atom is -0.350 e. The maximum atomic E-state index is 12.5. The molecule has 2 N–H and O–H groups in total. The molecule has 0 bridgehead atoms. The van der Waals surface area contributed by atoms with Crippen LogP contribution in [0.3, 0.4) is 0 Å². The van der Waals surface area contributed by atoms with Crippen LogP contribution >= 0.6 is 11.8 Å². The fourth-order valence-electron chi connectivity index (χ4n) is 2.38. The number of hydrogen-bond acceptors (Lipinski definition) is 4. The lowest BCUT2D eigenvalue weighted by molar-refractivity contribution is -0.121. The molecule has 0 aliphatic heterocycles. The van der Waals surface area contributed by atoms with Gasteiger partial charge < -0.3 is 10.6 Å². The van der Waals surface area contributed by atoms with E-state index in [1.54, 1.807) is 18.3 Å². The first-order chi connectivity index (χ1) is 12.2. The minimum absolute atomic E-state index is 0.0708. The zero-order valence-corrected chi connectivity index (χ0v) is 16.7. The summed E-state index contributed by atoms with van der Waals surface area (Å²) in [6, 6.07) is 9.60. The first-order valence-electron chi connectivity index (χ1n) is 8.45. The van der Waals surface area contributed by atoms with Crippen LogP contribution in [-0.4, -0.2) is 28.9 Å². The van der Waals surface area contributed by atoms with Crippen LogP contribution in [0.5, 0.6) is 0 Å². The van der Waals surface area contributed by atoms with Crippen molar-refractivity contribution in [2.24, 2.45) is 0 Å². The summed E-state index contributed by atoms with van der Waals surface area (Å²) in [5.41, 5.74) is 2.45. The number of aryl methyl sites for hydroxylation is 2. The second-order valence-electron chi connectivity index (χ2n) is 7.21. The van der Waals surface area contributed by atoms with Gasteiger partial charge in [0.2, 0.25) is 5.91 Å². The smallest absolute Gasteiger partial charge is 0.254 e. The number of carbonyl (C=O) groups excluding carboxylic acids is 2. The third-order valence-corrected chi connectivity index (χ3v) is 4.67. The van der Waals surface area contributed by atoms with E-state index in [-0.39, 0.29) is 23.9 Å². The van der Waals surface area contributed by atoms with Crippen LogP contribution in [-0.2, 0) is 4.79 Å². The number of nitrogens with one attached hydrogen (secondary N) is 2. The van der Waals surface area contributed by atoms with Crippen molar-refractivity contribution in [1.82, 2.24) is 15.6 Å². The summed E-state index contributed by atoms with van der Waals surface area (Å²) < 4.78 is 0. The van der Waals surface area contributed by atoms with E-state index in [2.05, 4.69) is 21.7 Å². The van der Waals surface area contributed by atoms with Gasteiger partial charge in [0.1, 0.15) is 5.03 Å². The predicted molar refractivity (Wildman–Crippen MR) is 105 cm³/mol. The zero-order valence-electron chi connectivity index (χ0n) is 15.8. The van der Waals surface area contributed by atoms with Gasteiger partial charge in [-0.1, -0.05) is 29.5 Å². The molecule has 0 saturated heterocycles. The summed E-state index contributed by atoms with van der Waals surface area (Å²) in [6.07, 6.45) is 1.66. The van der Waals surface area contributed by atoms with Gasteiger partial charge in [-0.25, -0.2) is 4.98 Å². The van der Waals surface area contributed by atoms with E-state index >= 15 is 0 Å². The quantitative estimate of drug-likeness (QED) is 0.844. The van der Waals surface area contributed by atoms with Gasteiger partial charge in [0, 0.05) is 16.6 Å². The summed E-state index contributed by atoms with van der Waals surface area (Å²) in [5.74, 6) is -0.534. The molecule has 138 valence electrons. The highest BCUT2D eigenvalue weighted by molar-refractivity contribution is 7.99. The lowest BCUT2D eigenvalue weighted by atomic mass is 10.1. The number of aromatic nitrogens is 1. The fraction of sp³-hybridized carbons (Fsp3) is 0.350. The number of amides is 2. The largest absolute Gasteiger partial charge is 0.350 e. The van der Waals surface area contributed by atoms with E-state index in [1.807, 2.05) is 46.8 Å². The summed E-state index contributed by atoms with van der Waals surface area (Å²) >= 11 is 1.45. The molecule has 1 heterocycles. The van der Waals surface area contributed by atoms with Gasteiger partial charge >= 0.3 is 0 Å². The molecule has 5 nitrogen and oxygen atoms in total. The second kappa shape index (κ2) is 8.36. The number of benzene rings is 1.